The van der Waals surface area contributed by atoms with Crippen LogP contribution >= 0.6 is 11.3 Å². The van der Waals surface area contributed by atoms with Gasteiger partial charge in [0.05, 0.1) is 11.3 Å². The first kappa shape index (κ1) is 13.8. The molecule has 6 nitrogen and oxygen atoms in total. The van der Waals surface area contributed by atoms with E-state index in [1.807, 2.05) is 19.2 Å². The summed E-state index contributed by atoms with van der Waals surface area (Å²) in [6.07, 6.45) is 1.51. The summed E-state index contributed by atoms with van der Waals surface area (Å²) in [6.45, 7) is 4.83. The molecule has 7 heteroatoms. The van der Waals surface area contributed by atoms with Crippen molar-refractivity contribution in [3.05, 3.63) is 40.7 Å². The Labute approximate surface area is 125 Å². The highest BCUT2D eigenvalue weighted by Crippen LogP contribution is 2.30. The molecule has 1 aliphatic heterocycles. The Bertz CT molecular complexity index is 678. The highest BCUT2D eigenvalue weighted by atomic mass is 32.1. The molecule has 2 amide bonds. The Morgan fingerprint density at radius 2 is 2.19 bits per heavy atom. The van der Waals surface area contributed by atoms with Crippen molar-refractivity contribution in [1.29, 1.82) is 0 Å². The van der Waals surface area contributed by atoms with E-state index < -0.39 is 5.91 Å². The second-order valence-corrected chi connectivity index (χ2v) is 5.52. The van der Waals surface area contributed by atoms with Crippen LogP contribution in [0.4, 0.5) is 5.13 Å². The number of thiazole rings is 1. The van der Waals surface area contributed by atoms with E-state index in [0.29, 0.717) is 10.7 Å². The molecule has 21 heavy (non-hydrogen) atoms. The maximum atomic E-state index is 12.3. The summed E-state index contributed by atoms with van der Waals surface area (Å²) in [4.78, 5) is 34.1. The number of fused-ring (bicyclic) bond motifs is 1. The maximum Gasteiger partial charge on any atom is 0.286 e. The molecule has 0 bridgehead atoms. The van der Waals surface area contributed by atoms with Crippen LogP contribution in [-0.2, 0) is 0 Å². The quantitative estimate of drug-likeness (QED) is 0.874. The van der Waals surface area contributed by atoms with Gasteiger partial charge in [-0.05, 0) is 25.6 Å². The number of imide groups is 1. The van der Waals surface area contributed by atoms with Gasteiger partial charge in [-0.25, -0.2) is 9.88 Å². The number of carbonyl (C=O) groups excluding carboxylic acids is 2. The molecule has 1 aliphatic rings. The van der Waals surface area contributed by atoms with E-state index in [0.717, 1.165) is 17.1 Å². The zero-order valence-corrected chi connectivity index (χ0v) is 12.5. The third-order valence-electron chi connectivity index (χ3n) is 3.30. The van der Waals surface area contributed by atoms with Gasteiger partial charge in [-0.2, -0.15) is 0 Å². The van der Waals surface area contributed by atoms with E-state index in [4.69, 9.17) is 0 Å². The number of hydrogen-bond donors (Lipinski definition) is 1. The summed E-state index contributed by atoms with van der Waals surface area (Å²) in [5.41, 5.74) is 1.35. The lowest BCUT2D eigenvalue weighted by Gasteiger charge is -2.10. The first-order valence-electron chi connectivity index (χ1n) is 6.66. The van der Waals surface area contributed by atoms with Crippen LogP contribution < -0.4 is 10.2 Å². The molecule has 0 saturated heterocycles. The number of anilines is 1. The van der Waals surface area contributed by atoms with Crippen molar-refractivity contribution in [2.24, 2.45) is 0 Å². The molecular weight excluding hydrogens is 288 g/mol. The molecule has 0 saturated carbocycles. The van der Waals surface area contributed by atoms with Gasteiger partial charge in [0.15, 0.2) is 5.13 Å². The SMILES string of the molecule is CCNC(C)c1csc(N2C(=O)c3cccnc3C2=O)n1. The summed E-state index contributed by atoms with van der Waals surface area (Å²) in [5.74, 6) is -0.771. The lowest BCUT2D eigenvalue weighted by Crippen LogP contribution is -2.29. The van der Waals surface area contributed by atoms with Gasteiger partial charge >= 0.3 is 0 Å². The fourth-order valence-electron chi connectivity index (χ4n) is 2.23. The van der Waals surface area contributed by atoms with Crippen LogP contribution in [0.2, 0.25) is 0 Å². The minimum atomic E-state index is -0.410. The van der Waals surface area contributed by atoms with Crippen LogP contribution in [0.15, 0.2) is 23.7 Å². The van der Waals surface area contributed by atoms with Crippen LogP contribution in [0, 0.1) is 0 Å². The number of pyridine rings is 1. The lowest BCUT2D eigenvalue weighted by atomic mass is 10.2. The molecule has 1 N–H and O–H groups in total. The first-order chi connectivity index (χ1) is 10.1. The minimum Gasteiger partial charge on any atom is -0.309 e. The largest absolute Gasteiger partial charge is 0.309 e. The molecule has 1 unspecified atom stereocenters. The molecule has 108 valence electrons. The normalized spacial score (nSPS) is 15.4. The van der Waals surface area contributed by atoms with Crippen molar-refractivity contribution >= 4 is 28.3 Å². The van der Waals surface area contributed by atoms with Crippen LogP contribution in [-0.4, -0.2) is 28.3 Å². The number of nitrogens with one attached hydrogen (secondary N) is 1. The zero-order chi connectivity index (χ0) is 15.0. The van der Waals surface area contributed by atoms with Crippen LogP contribution in [0.1, 0.15) is 46.4 Å². The molecule has 0 fully saturated rings. The van der Waals surface area contributed by atoms with Gasteiger partial charge in [0.2, 0.25) is 0 Å². The van der Waals surface area contributed by atoms with E-state index in [9.17, 15) is 9.59 Å². The molecule has 1 atom stereocenters. The van der Waals surface area contributed by atoms with Gasteiger partial charge in [-0.15, -0.1) is 11.3 Å². The van der Waals surface area contributed by atoms with Crippen molar-refractivity contribution in [2.75, 3.05) is 11.4 Å². The van der Waals surface area contributed by atoms with Gasteiger partial charge in [0, 0.05) is 17.6 Å². The van der Waals surface area contributed by atoms with Gasteiger partial charge in [0.25, 0.3) is 11.8 Å². The standard InChI is InChI=1S/C14H14N4O2S/c1-3-15-8(2)10-7-21-14(17-10)18-12(19)9-5-4-6-16-11(9)13(18)20/h4-8,15H,3H2,1-2H3. The average Bonchev–Trinajstić information content (AvgIpc) is 3.05. The molecule has 2 aromatic rings. The number of rotatable bonds is 4. The molecule has 3 rings (SSSR count). The third-order valence-corrected chi connectivity index (χ3v) is 4.15. The summed E-state index contributed by atoms with van der Waals surface area (Å²) >= 11 is 1.28. The van der Waals surface area contributed by atoms with E-state index in [1.54, 1.807) is 12.1 Å². The number of aromatic nitrogens is 2. The van der Waals surface area contributed by atoms with E-state index in [1.165, 1.54) is 17.5 Å². The van der Waals surface area contributed by atoms with Crippen molar-refractivity contribution in [3.8, 4) is 0 Å². The number of hydrogen-bond acceptors (Lipinski definition) is 6. The fraction of sp³-hybridized carbons (Fsp3) is 0.286. The Kier molecular flexibility index (Phi) is 3.52. The molecule has 0 aliphatic carbocycles. The predicted octanol–water partition coefficient (Wildman–Crippen LogP) is 2.01. The summed E-state index contributed by atoms with van der Waals surface area (Å²) < 4.78 is 0. The number of amides is 2. The zero-order valence-electron chi connectivity index (χ0n) is 11.7. The Morgan fingerprint density at radius 1 is 1.38 bits per heavy atom. The Balaban J connectivity index is 1.93. The topological polar surface area (TPSA) is 75.2 Å². The third kappa shape index (κ3) is 2.24. The lowest BCUT2D eigenvalue weighted by molar-refractivity contribution is 0.0924. The van der Waals surface area contributed by atoms with Crippen LogP contribution in [0.25, 0.3) is 0 Å². The van der Waals surface area contributed by atoms with Gasteiger partial charge in [0.1, 0.15) is 5.69 Å². The highest BCUT2D eigenvalue weighted by molar-refractivity contribution is 7.14. The second-order valence-electron chi connectivity index (χ2n) is 4.68. The molecule has 2 aromatic heterocycles. The Hall–Kier alpha value is -2.12. The predicted molar refractivity (Wildman–Crippen MR) is 79.6 cm³/mol. The van der Waals surface area contributed by atoms with E-state index >= 15 is 0 Å². The molecule has 0 spiro atoms. The highest BCUT2D eigenvalue weighted by Gasteiger charge is 2.39. The van der Waals surface area contributed by atoms with Crippen molar-refractivity contribution < 1.29 is 9.59 Å². The van der Waals surface area contributed by atoms with Gasteiger partial charge in [-0.3, -0.25) is 14.6 Å². The molecule has 0 aromatic carbocycles. The van der Waals surface area contributed by atoms with Crippen molar-refractivity contribution in [1.82, 2.24) is 15.3 Å². The average molecular weight is 302 g/mol. The van der Waals surface area contributed by atoms with Crippen LogP contribution in [0.3, 0.4) is 0 Å². The number of carbonyl (C=O) groups is 2. The smallest absolute Gasteiger partial charge is 0.286 e. The maximum absolute atomic E-state index is 12.3. The van der Waals surface area contributed by atoms with Gasteiger partial charge in [-0.1, -0.05) is 6.92 Å². The fourth-order valence-corrected chi connectivity index (χ4v) is 3.14. The van der Waals surface area contributed by atoms with Crippen LogP contribution in [0.5, 0.6) is 0 Å². The monoisotopic (exact) mass is 302 g/mol. The molecule has 0 radical (unpaired) electrons. The second kappa shape index (κ2) is 5.34. The Morgan fingerprint density at radius 3 is 2.90 bits per heavy atom. The summed E-state index contributed by atoms with van der Waals surface area (Å²) in [6, 6.07) is 3.33. The summed E-state index contributed by atoms with van der Waals surface area (Å²) in [5, 5.41) is 5.50. The minimum absolute atomic E-state index is 0.0771. The van der Waals surface area contributed by atoms with E-state index in [2.05, 4.69) is 15.3 Å². The van der Waals surface area contributed by atoms with Gasteiger partial charge < -0.3 is 5.32 Å². The molecular formula is C14H14N4O2S. The first-order valence-corrected chi connectivity index (χ1v) is 7.54. The van der Waals surface area contributed by atoms with Crippen molar-refractivity contribution in [2.45, 2.75) is 19.9 Å². The van der Waals surface area contributed by atoms with E-state index in [-0.39, 0.29) is 17.6 Å². The summed E-state index contributed by atoms with van der Waals surface area (Å²) in [7, 11) is 0. The van der Waals surface area contributed by atoms with Crippen molar-refractivity contribution in [3.63, 3.8) is 0 Å². The number of nitrogens with zero attached hydrogens (tertiary/aromatic N) is 3. The molecule has 3 heterocycles.